The van der Waals surface area contributed by atoms with Crippen LogP contribution in [0, 0.1) is 0 Å². The third-order valence-electron chi connectivity index (χ3n) is 2.59. The van der Waals surface area contributed by atoms with E-state index in [9.17, 15) is 4.79 Å². The number of benzene rings is 1. The first kappa shape index (κ1) is 10.8. The van der Waals surface area contributed by atoms with Crippen molar-refractivity contribution in [2.75, 3.05) is 6.54 Å². The van der Waals surface area contributed by atoms with Crippen LogP contribution in [0.15, 0.2) is 35.3 Å². The molecule has 0 bridgehead atoms. The van der Waals surface area contributed by atoms with Gasteiger partial charge in [0.2, 0.25) is 0 Å². The molecule has 1 heterocycles. The molecule has 2 rings (SSSR count). The van der Waals surface area contributed by atoms with Crippen molar-refractivity contribution in [1.29, 1.82) is 0 Å². The maximum absolute atomic E-state index is 11.7. The number of hydrogen-bond donors (Lipinski definition) is 1. The van der Waals surface area contributed by atoms with Crippen molar-refractivity contribution >= 4 is 11.0 Å². The summed E-state index contributed by atoms with van der Waals surface area (Å²) in [6.07, 6.45) is 3.23. The van der Waals surface area contributed by atoms with Gasteiger partial charge in [-0.2, -0.15) is 0 Å². The largest absolute Gasteiger partial charge is 0.330 e. The van der Waals surface area contributed by atoms with Gasteiger partial charge >= 0.3 is 0 Å². The van der Waals surface area contributed by atoms with Crippen LogP contribution in [0.5, 0.6) is 0 Å². The summed E-state index contributed by atoms with van der Waals surface area (Å²) in [6.45, 7) is 1.37. The molecule has 0 aliphatic heterocycles. The van der Waals surface area contributed by atoms with Crippen molar-refractivity contribution in [3.8, 4) is 0 Å². The van der Waals surface area contributed by atoms with Crippen LogP contribution in [0.1, 0.15) is 12.8 Å². The van der Waals surface area contributed by atoms with Crippen molar-refractivity contribution < 1.29 is 0 Å². The zero-order chi connectivity index (χ0) is 11.4. The summed E-state index contributed by atoms with van der Waals surface area (Å²) in [5, 5.41) is 0. The molecule has 84 valence electrons. The zero-order valence-electron chi connectivity index (χ0n) is 9.10. The first-order chi connectivity index (χ1) is 7.83. The lowest BCUT2D eigenvalue weighted by Gasteiger charge is -2.08. The molecule has 0 fully saturated rings. The Morgan fingerprint density at radius 2 is 2.06 bits per heavy atom. The number of fused-ring (bicyclic) bond motifs is 1. The molecule has 2 N–H and O–H groups in total. The van der Waals surface area contributed by atoms with E-state index < -0.39 is 0 Å². The third kappa shape index (κ3) is 2.12. The fourth-order valence-corrected chi connectivity index (χ4v) is 1.76. The van der Waals surface area contributed by atoms with Gasteiger partial charge in [-0.1, -0.05) is 12.1 Å². The van der Waals surface area contributed by atoms with Gasteiger partial charge in [0.05, 0.1) is 17.2 Å². The lowest BCUT2D eigenvalue weighted by atomic mass is 10.2. The van der Waals surface area contributed by atoms with E-state index in [1.54, 1.807) is 4.57 Å². The Morgan fingerprint density at radius 1 is 1.25 bits per heavy atom. The number of nitrogens with zero attached hydrogens (tertiary/aromatic N) is 2. The molecule has 1 aromatic carbocycles. The van der Waals surface area contributed by atoms with E-state index in [2.05, 4.69) is 4.98 Å². The van der Waals surface area contributed by atoms with Gasteiger partial charge in [0.1, 0.15) is 0 Å². The number of aromatic nitrogens is 2. The van der Waals surface area contributed by atoms with Gasteiger partial charge in [-0.05, 0) is 31.5 Å². The highest BCUT2D eigenvalue weighted by Gasteiger charge is 2.02. The summed E-state index contributed by atoms with van der Waals surface area (Å²) in [5.41, 5.74) is 7.15. The number of unbranched alkanes of at least 4 members (excludes halogenated alkanes) is 1. The number of hydrogen-bond acceptors (Lipinski definition) is 3. The minimum Gasteiger partial charge on any atom is -0.330 e. The molecule has 0 aliphatic carbocycles. The van der Waals surface area contributed by atoms with Crippen LogP contribution in [-0.2, 0) is 6.54 Å². The zero-order valence-corrected chi connectivity index (χ0v) is 9.10. The lowest BCUT2D eigenvalue weighted by Crippen LogP contribution is -2.20. The van der Waals surface area contributed by atoms with Crippen molar-refractivity contribution in [1.82, 2.24) is 9.55 Å². The average Bonchev–Trinajstić information content (AvgIpc) is 2.32. The molecule has 0 atom stereocenters. The minimum atomic E-state index is -0.0456. The lowest BCUT2D eigenvalue weighted by molar-refractivity contribution is 0.613. The Labute approximate surface area is 93.7 Å². The Hall–Kier alpha value is -1.68. The Morgan fingerprint density at radius 3 is 2.88 bits per heavy atom. The van der Waals surface area contributed by atoms with Crippen molar-refractivity contribution in [3.63, 3.8) is 0 Å². The standard InChI is InChI=1S/C12H15N3O/c13-7-3-4-8-15-11-6-2-1-5-10(11)14-9-12(15)16/h1-2,5-6,9H,3-4,7-8,13H2. The highest BCUT2D eigenvalue weighted by Crippen LogP contribution is 2.08. The van der Waals surface area contributed by atoms with Gasteiger partial charge in [0.25, 0.3) is 5.56 Å². The summed E-state index contributed by atoms with van der Waals surface area (Å²) < 4.78 is 1.76. The smallest absolute Gasteiger partial charge is 0.269 e. The Kier molecular flexibility index (Phi) is 3.31. The average molecular weight is 217 g/mol. The van der Waals surface area contributed by atoms with E-state index in [-0.39, 0.29) is 5.56 Å². The van der Waals surface area contributed by atoms with Crippen LogP contribution in [0.4, 0.5) is 0 Å². The van der Waals surface area contributed by atoms with Gasteiger partial charge in [-0.3, -0.25) is 4.79 Å². The maximum atomic E-state index is 11.7. The SMILES string of the molecule is NCCCCn1c(=O)cnc2ccccc21. The van der Waals surface area contributed by atoms with E-state index in [0.717, 1.165) is 23.9 Å². The summed E-state index contributed by atoms with van der Waals surface area (Å²) in [6, 6.07) is 7.67. The molecular formula is C12H15N3O. The van der Waals surface area contributed by atoms with Crippen LogP contribution in [-0.4, -0.2) is 16.1 Å². The second-order valence-electron chi connectivity index (χ2n) is 3.73. The predicted octanol–water partition coefficient (Wildman–Crippen LogP) is 1.14. The second kappa shape index (κ2) is 4.90. The summed E-state index contributed by atoms with van der Waals surface area (Å²) in [5.74, 6) is 0. The first-order valence-electron chi connectivity index (χ1n) is 5.47. The molecule has 0 saturated carbocycles. The van der Waals surface area contributed by atoms with Gasteiger partial charge in [0.15, 0.2) is 0 Å². The second-order valence-corrected chi connectivity index (χ2v) is 3.73. The maximum Gasteiger partial charge on any atom is 0.269 e. The normalized spacial score (nSPS) is 10.8. The minimum absolute atomic E-state index is 0.0456. The van der Waals surface area contributed by atoms with Gasteiger partial charge in [-0.15, -0.1) is 0 Å². The van der Waals surface area contributed by atoms with E-state index in [1.165, 1.54) is 6.20 Å². The Bertz CT molecular complexity index is 533. The van der Waals surface area contributed by atoms with Crippen LogP contribution >= 0.6 is 0 Å². The van der Waals surface area contributed by atoms with Gasteiger partial charge in [-0.25, -0.2) is 4.98 Å². The number of rotatable bonds is 4. The van der Waals surface area contributed by atoms with E-state index >= 15 is 0 Å². The predicted molar refractivity (Wildman–Crippen MR) is 64.3 cm³/mol. The molecule has 4 nitrogen and oxygen atoms in total. The molecule has 4 heteroatoms. The molecule has 16 heavy (non-hydrogen) atoms. The molecule has 0 radical (unpaired) electrons. The van der Waals surface area contributed by atoms with E-state index in [0.29, 0.717) is 13.1 Å². The number of nitrogens with two attached hydrogens (primary N) is 1. The van der Waals surface area contributed by atoms with Crippen LogP contribution in [0.2, 0.25) is 0 Å². The topological polar surface area (TPSA) is 60.9 Å². The molecule has 0 amide bonds. The number of aryl methyl sites for hydroxylation is 1. The van der Waals surface area contributed by atoms with Crippen molar-refractivity contribution in [2.24, 2.45) is 5.73 Å². The quantitative estimate of drug-likeness (QED) is 0.781. The van der Waals surface area contributed by atoms with Crippen molar-refractivity contribution in [2.45, 2.75) is 19.4 Å². The van der Waals surface area contributed by atoms with Gasteiger partial charge in [0, 0.05) is 6.54 Å². The van der Waals surface area contributed by atoms with E-state index in [4.69, 9.17) is 5.73 Å². The molecular weight excluding hydrogens is 202 g/mol. The van der Waals surface area contributed by atoms with Crippen LogP contribution in [0.3, 0.4) is 0 Å². The first-order valence-corrected chi connectivity index (χ1v) is 5.47. The molecule has 1 aromatic heterocycles. The monoisotopic (exact) mass is 217 g/mol. The molecule has 0 unspecified atom stereocenters. The highest BCUT2D eigenvalue weighted by atomic mass is 16.1. The summed E-state index contributed by atoms with van der Waals surface area (Å²) in [4.78, 5) is 15.8. The molecule has 2 aromatic rings. The third-order valence-corrected chi connectivity index (χ3v) is 2.59. The van der Waals surface area contributed by atoms with Crippen LogP contribution in [0.25, 0.3) is 11.0 Å². The fraction of sp³-hybridized carbons (Fsp3) is 0.333. The fourth-order valence-electron chi connectivity index (χ4n) is 1.76. The summed E-state index contributed by atoms with van der Waals surface area (Å²) in [7, 11) is 0. The molecule has 0 saturated heterocycles. The summed E-state index contributed by atoms with van der Waals surface area (Å²) >= 11 is 0. The van der Waals surface area contributed by atoms with Crippen molar-refractivity contribution in [3.05, 3.63) is 40.8 Å². The number of para-hydroxylation sites is 2. The van der Waals surface area contributed by atoms with Crippen LogP contribution < -0.4 is 11.3 Å². The van der Waals surface area contributed by atoms with E-state index in [1.807, 2.05) is 24.3 Å². The van der Waals surface area contributed by atoms with Gasteiger partial charge < -0.3 is 10.3 Å². The highest BCUT2D eigenvalue weighted by molar-refractivity contribution is 5.74. The Balaban J connectivity index is 2.41. The molecule has 0 spiro atoms. The molecule has 0 aliphatic rings.